The van der Waals surface area contributed by atoms with Crippen molar-refractivity contribution < 1.29 is 19.0 Å². The van der Waals surface area contributed by atoms with Crippen LogP contribution in [0.2, 0.25) is 0 Å². The minimum atomic E-state index is -0.393. The molecule has 0 bridgehead atoms. The number of phenols is 1. The second-order valence-corrected chi connectivity index (χ2v) is 5.66. The molecule has 1 atom stereocenters. The number of phenolic OH excluding ortho intramolecular Hbond substituents is 1. The maximum Gasteiger partial charge on any atom is 0.191 e. The van der Waals surface area contributed by atoms with Crippen LogP contribution in [-0.2, 0) is 6.54 Å². The van der Waals surface area contributed by atoms with E-state index in [0.717, 1.165) is 0 Å². The molecule has 0 aliphatic carbocycles. The Morgan fingerprint density at radius 3 is 2.69 bits per heavy atom. The quantitative estimate of drug-likeness (QED) is 0.522. The Hall–Kier alpha value is -2.96. The van der Waals surface area contributed by atoms with Crippen molar-refractivity contribution in [3.05, 3.63) is 53.8 Å². The average molecular weight is 361 g/mol. The SMILES string of the molecule is CN=C(NCc1cc(OC)ccc1O)NCC(C)Oc1ccccc1F. The first-order valence-corrected chi connectivity index (χ1v) is 8.25. The third-order valence-electron chi connectivity index (χ3n) is 3.68. The van der Waals surface area contributed by atoms with Crippen molar-refractivity contribution in [2.24, 2.45) is 4.99 Å². The molecular formula is C19H24FN3O3. The first-order valence-electron chi connectivity index (χ1n) is 8.25. The molecule has 3 N–H and O–H groups in total. The summed E-state index contributed by atoms with van der Waals surface area (Å²) in [6.45, 7) is 2.63. The van der Waals surface area contributed by atoms with E-state index in [4.69, 9.17) is 9.47 Å². The fraction of sp³-hybridized carbons (Fsp3) is 0.316. The van der Waals surface area contributed by atoms with Gasteiger partial charge in [-0.3, -0.25) is 4.99 Å². The number of halogens is 1. The minimum Gasteiger partial charge on any atom is -0.508 e. The van der Waals surface area contributed by atoms with Gasteiger partial charge in [-0.1, -0.05) is 12.1 Å². The molecule has 0 heterocycles. The van der Waals surface area contributed by atoms with Gasteiger partial charge in [0.25, 0.3) is 0 Å². The number of hydrogen-bond acceptors (Lipinski definition) is 4. The van der Waals surface area contributed by atoms with Gasteiger partial charge in [-0.05, 0) is 37.3 Å². The Morgan fingerprint density at radius 1 is 1.23 bits per heavy atom. The van der Waals surface area contributed by atoms with Gasteiger partial charge in [0.2, 0.25) is 0 Å². The molecule has 0 amide bonds. The molecule has 0 aromatic heterocycles. The fourth-order valence-electron chi connectivity index (χ4n) is 2.27. The molecule has 0 fully saturated rings. The molecule has 6 nitrogen and oxygen atoms in total. The van der Waals surface area contributed by atoms with E-state index in [2.05, 4.69) is 15.6 Å². The number of guanidine groups is 1. The Labute approximate surface area is 152 Å². The molecule has 0 spiro atoms. The highest BCUT2D eigenvalue weighted by molar-refractivity contribution is 5.79. The van der Waals surface area contributed by atoms with E-state index in [9.17, 15) is 9.50 Å². The lowest BCUT2D eigenvalue weighted by Crippen LogP contribution is -2.41. The Bertz CT molecular complexity index is 753. The van der Waals surface area contributed by atoms with Crippen molar-refractivity contribution in [3.8, 4) is 17.2 Å². The van der Waals surface area contributed by atoms with Gasteiger partial charge in [0, 0.05) is 19.2 Å². The van der Waals surface area contributed by atoms with Crippen LogP contribution in [0.3, 0.4) is 0 Å². The van der Waals surface area contributed by atoms with Crippen LogP contribution >= 0.6 is 0 Å². The van der Waals surface area contributed by atoms with E-state index < -0.39 is 5.82 Å². The number of aromatic hydroxyl groups is 1. The highest BCUT2D eigenvalue weighted by atomic mass is 19.1. The Kier molecular flexibility index (Phi) is 7.08. The summed E-state index contributed by atoms with van der Waals surface area (Å²) in [4.78, 5) is 4.12. The van der Waals surface area contributed by atoms with E-state index >= 15 is 0 Å². The van der Waals surface area contributed by atoms with Gasteiger partial charge in [0.1, 0.15) is 17.6 Å². The fourth-order valence-corrected chi connectivity index (χ4v) is 2.27. The number of ether oxygens (including phenoxy) is 2. The third kappa shape index (κ3) is 5.54. The Morgan fingerprint density at radius 2 is 2.00 bits per heavy atom. The van der Waals surface area contributed by atoms with Gasteiger partial charge in [-0.15, -0.1) is 0 Å². The summed E-state index contributed by atoms with van der Waals surface area (Å²) in [5.41, 5.74) is 0.683. The maximum atomic E-state index is 13.6. The number of hydrogen-bond donors (Lipinski definition) is 3. The first kappa shape index (κ1) is 19.4. The second kappa shape index (κ2) is 9.50. The number of rotatable bonds is 7. The van der Waals surface area contributed by atoms with E-state index in [1.807, 2.05) is 6.92 Å². The summed E-state index contributed by atoms with van der Waals surface area (Å²) in [6.07, 6.45) is -0.268. The van der Waals surface area contributed by atoms with Gasteiger partial charge >= 0.3 is 0 Å². The van der Waals surface area contributed by atoms with Crippen LogP contribution in [0.1, 0.15) is 12.5 Å². The van der Waals surface area contributed by atoms with Gasteiger partial charge < -0.3 is 25.2 Å². The zero-order valence-corrected chi connectivity index (χ0v) is 15.1. The number of para-hydroxylation sites is 1. The molecule has 2 rings (SSSR count). The maximum absolute atomic E-state index is 13.6. The predicted molar refractivity (Wildman–Crippen MR) is 99.4 cm³/mol. The smallest absolute Gasteiger partial charge is 0.191 e. The molecule has 140 valence electrons. The molecule has 7 heteroatoms. The Balaban J connectivity index is 1.85. The van der Waals surface area contributed by atoms with Crippen LogP contribution in [-0.4, -0.2) is 37.9 Å². The number of benzene rings is 2. The number of nitrogens with one attached hydrogen (secondary N) is 2. The van der Waals surface area contributed by atoms with Crippen molar-refractivity contribution in [2.75, 3.05) is 20.7 Å². The van der Waals surface area contributed by atoms with Gasteiger partial charge in [0.05, 0.1) is 13.7 Å². The highest BCUT2D eigenvalue weighted by Gasteiger charge is 2.09. The summed E-state index contributed by atoms with van der Waals surface area (Å²) < 4.78 is 24.3. The number of aliphatic imine (C=N–C) groups is 1. The zero-order valence-electron chi connectivity index (χ0n) is 15.1. The summed E-state index contributed by atoms with van der Waals surface area (Å²) in [5, 5.41) is 16.1. The van der Waals surface area contributed by atoms with E-state index in [1.165, 1.54) is 6.07 Å². The van der Waals surface area contributed by atoms with Crippen molar-refractivity contribution in [1.29, 1.82) is 0 Å². The molecule has 0 saturated heterocycles. The van der Waals surface area contributed by atoms with Gasteiger partial charge in [0.15, 0.2) is 17.5 Å². The third-order valence-corrected chi connectivity index (χ3v) is 3.68. The number of nitrogens with zero attached hydrogens (tertiary/aromatic N) is 1. The monoisotopic (exact) mass is 361 g/mol. The molecule has 26 heavy (non-hydrogen) atoms. The van der Waals surface area contributed by atoms with Crippen LogP contribution in [0.5, 0.6) is 17.2 Å². The van der Waals surface area contributed by atoms with Crippen LogP contribution < -0.4 is 20.1 Å². The lowest BCUT2D eigenvalue weighted by Gasteiger charge is -2.18. The molecule has 0 aliphatic rings. The van der Waals surface area contributed by atoms with Crippen LogP contribution in [0.4, 0.5) is 4.39 Å². The normalized spacial score (nSPS) is 12.4. The summed E-state index contributed by atoms with van der Waals surface area (Å²) in [5.74, 6) is 1.19. The second-order valence-electron chi connectivity index (χ2n) is 5.66. The first-order chi connectivity index (χ1) is 12.5. The average Bonchev–Trinajstić information content (AvgIpc) is 2.65. The van der Waals surface area contributed by atoms with Gasteiger partial charge in [-0.25, -0.2) is 4.39 Å². The molecule has 0 aliphatic heterocycles. The summed E-state index contributed by atoms with van der Waals surface area (Å²) in [6, 6.07) is 11.3. The lowest BCUT2D eigenvalue weighted by molar-refractivity contribution is 0.214. The molecular weight excluding hydrogens is 337 g/mol. The molecule has 2 aromatic carbocycles. The summed E-state index contributed by atoms with van der Waals surface area (Å²) in [7, 11) is 3.21. The standard InChI is InChI=1S/C19H24FN3O3/c1-13(26-18-7-5-4-6-16(18)20)11-22-19(21-2)23-12-14-10-15(25-3)8-9-17(14)24/h4-10,13,24H,11-12H2,1-3H3,(H2,21,22,23). The molecule has 1 unspecified atom stereocenters. The number of methoxy groups -OCH3 is 1. The molecule has 0 saturated carbocycles. The lowest BCUT2D eigenvalue weighted by atomic mass is 10.2. The van der Waals surface area contributed by atoms with E-state index in [1.54, 1.807) is 50.6 Å². The van der Waals surface area contributed by atoms with Crippen LogP contribution in [0.15, 0.2) is 47.5 Å². The van der Waals surface area contributed by atoms with Crippen molar-refractivity contribution in [1.82, 2.24) is 10.6 Å². The van der Waals surface area contributed by atoms with Gasteiger partial charge in [-0.2, -0.15) is 0 Å². The van der Waals surface area contributed by atoms with Crippen molar-refractivity contribution >= 4 is 5.96 Å². The minimum absolute atomic E-state index is 0.171. The summed E-state index contributed by atoms with van der Waals surface area (Å²) >= 11 is 0. The largest absolute Gasteiger partial charge is 0.508 e. The topological polar surface area (TPSA) is 75.1 Å². The molecule has 2 aromatic rings. The van der Waals surface area contributed by atoms with E-state index in [-0.39, 0.29) is 17.6 Å². The van der Waals surface area contributed by atoms with Crippen LogP contribution in [0.25, 0.3) is 0 Å². The zero-order chi connectivity index (χ0) is 18.9. The molecule has 0 radical (unpaired) electrons. The van der Waals surface area contributed by atoms with Crippen molar-refractivity contribution in [2.45, 2.75) is 19.6 Å². The van der Waals surface area contributed by atoms with E-state index in [0.29, 0.717) is 30.4 Å². The predicted octanol–water partition coefficient (Wildman–Crippen LogP) is 2.67. The highest BCUT2D eigenvalue weighted by Crippen LogP contribution is 2.22. The van der Waals surface area contributed by atoms with Crippen molar-refractivity contribution in [3.63, 3.8) is 0 Å². The van der Waals surface area contributed by atoms with Crippen LogP contribution in [0, 0.1) is 5.82 Å².